The summed E-state index contributed by atoms with van der Waals surface area (Å²) in [6, 6.07) is 6.69. The summed E-state index contributed by atoms with van der Waals surface area (Å²) in [7, 11) is 0. The molecule has 0 atom stereocenters. The quantitative estimate of drug-likeness (QED) is 0.653. The molecule has 4 nitrogen and oxygen atoms in total. The third-order valence-electron chi connectivity index (χ3n) is 4.30. The molecule has 2 aromatic carbocycles. The Bertz CT molecular complexity index is 1060. The van der Waals surface area contributed by atoms with Crippen molar-refractivity contribution in [3.63, 3.8) is 0 Å². The average Bonchev–Trinajstić information content (AvgIpc) is 3.07. The van der Waals surface area contributed by atoms with E-state index in [1.54, 1.807) is 6.92 Å². The average molecular weight is 392 g/mol. The van der Waals surface area contributed by atoms with Gasteiger partial charge in [0.05, 0.1) is 5.56 Å². The highest BCUT2D eigenvalue weighted by atomic mass is 19.4. The summed E-state index contributed by atoms with van der Waals surface area (Å²) in [5, 5.41) is 18.9. The number of H-pyrrole nitrogens is 1. The number of nitriles is 1. The number of nitrogens with one attached hydrogen (secondary N) is 1. The molecule has 0 aliphatic carbocycles. The van der Waals surface area contributed by atoms with Gasteiger partial charge in [0.2, 0.25) is 0 Å². The van der Waals surface area contributed by atoms with Crippen molar-refractivity contribution in [2.45, 2.75) is 25.9 Å². The molecule has 1 N–H and O–H groups in total. The van der Waals surface area contributed by atoms with Crippen LogP contribution < -0.4 is 0 Å². The molecule has 0 saturated carbocycles. The molecule has 144 valence electrons. The Kier molecular flexibility index (Phi) is 5.14. The van der Waals surface area contributed by atoms with Crippen LogP contribution in [-0.4, -0.2) is 15.4 Å². The van der Waals surface area contributed by atoms with Gasteiger partial charge in [-0.3, -0.25) is 0 Å². The van der Waals surface area contributed by atoms with Gasteiger partial charge in [-0.1, -0.05) is 5.21 Å². The van der Waals surface area contributed by atoms with Gasteiger partial charge in [0, 0.05) is 5.56 Å². The molecule has 0 bridgehead atoms. The van der Waals surface area contributed by atoms with Crippen molar-refractivity contribution >= 4 is 0 Å². The fraction of sp³-hybridized carbons (Fsp3) is 0.211. The van der Waals surface area contributed by atoms with Gasteiger partial charge >= 0.3 is 6.18 Å². The molecule has 3 rings (SSSR count). The van der Waals surface area contributed by atoms with Crippen LogP contribution in [0.15, 0.2) is 30.3 Å². The zero-order chi connectivity index (χ0) is 20.5. The van der Waals surface area contributed by atoms with Gasteiger partial charge in [-0.2, -0.15) is 18.4 Å². The maximum atomic E-state index is 13.9. The Morgan fingerprint density at radius 2 is 1.75 bits per heavy atom. The fourth-order valence-corrected chi connectivity index (χ4v) is 3.04. The lowest BCUT2D eigenvalue weighted by Crippen LogP contribution is -2.07. The zero-order valence-electron chi connectivity index (χ0n) is 14.5. The lowest BCUT2D eigenvalue weighted by molar-refractivity contribution is -0.137. The minimum atomic E-state index is -4.66. The summed E-state index contributed by atoms with van der Waals surface area (Å²) in [5.74, 6) is -1.53. The van der Waals surface area contributed by atoms with Crippen LogP contribution in [0.3, 0.4) is 0 Å². The summed E-state index contributed by atoms with van der Waals surface area (Å²) < 4.78 is 66.2. The molecule has 0 fully saturated rings. The first-order valence-electron chi connectivity index (χ1n) is 8.16. The van der Waals surface area contributed by atoms with Gasteiger partial charge in [0.15, 0.2) is 5.69 Å². The molecule has 0 saturated heterocycles. The number of benzene rings is 2. The van der Waals surface area contributed by atoms with Gasteiger partial charge in [-0.25, -0.2) is 13.9 Å². The van der Waals surface area contributed by atoms with Gasteiger partial charge in [-0.15, -0.1) is 5.10 Å². The van der Waals surface area contributed by atoms with E-state index in [1.165, 1.54) is 12.1 Å². The van der Waals surface area contributed by atoms with Crippen molar-refractivity contribution in [2.75, 3.05) is 0 Å². The molecule has 0 aliphatic rings. The van der Waals surface area contributed by atoms with E-state index in [0.29, 0.717) is 22.8 Å². The SMILES string of the molecule is Cc1cc(F)cc(-c2nn[nH]c2C#N)c1CCc1cc(F)cc(C(F)(F)F)c1. The first kappa shape index (κ1) is 19.5. The van der Waals surface area contributed by atoms with E-state index in [-0.39, 0.29) is 29.8 Å². The van der Waals surface area contributed by atoms with Crippen molar-refractivity contribution in [2.24, 2.45) is 0 Å². The predicted octanol–water partition coefficient (Wildman–Crippen LogP) is 4.73. The highest BCUT2D eigenvalue weighted by Crippen LogP contribution is 2.32. The number of aromatic amines is 1. The van der Waals surface area contributed by atoms with E-state index in [1.807, 2.05) is 6.07 Å². The van der Waals surface area contributed by atoms with Crippen molar-refractivity contribution in [3.8, 4) is 17.3 Å². The van der Waals surface area contributed by atoms with E-state index in [9.17, 15) is 22.0 Å². The minimum Gasteiger partial charge on any atom is -0.247 e. The number of hydrogen-bond donors (Lipinski definition) is 1. The molecule has 0 radical (unpaired) electrons. The zero-order valence-corrected chi connectivity index (χ0v) is 14.5. The second-order valence-corrected chi connectivity index (χ2v) is 6.24. The van der Waals surface area contributed by atoms with E-state index < -0.39 is 23.4 Å². The lowest BCUT2D eigenvalue weighted by Gasteiger charge is -2.13. The molecule has 0 aliphatic heterocycles. The number of nitrogens with zero attached hydrogens (tertiary/aromatic N) is 3. The van der Waals surface area contributed by atoms with Crippen molar-refractivity contribution in [1.82, 2.24) is 15.4 Å². The van der Waals surface area contributed by atoms with Gasteiger partial charge in [-0.05, 0) is 66.8 Å². The Labute approximate surface area is 156 Å². The highest BCUT2D eigenvalue weighted by molar-refractivity contribution is 5.69. The molecule has 9 heteroatoms. The fourth-order valence-electron chi connectivity index (χ4n) is 3.04. The monoisotopic (exact) mass is 392 g/mol. The first-order chi connectivity index (χ1) is 13.2. The number of aryl methyl sites for hydroxylation is 2. The maximum absolute atomic E-state index is 13.9. The van der Waals surface area contributed by atoms with Gasteiger partial charge in [0.1, 0.15) is 23.4 Å². The summed E-state index contributed by atoms with van der Waals surface area (Å²) in [4.78, 5) is 0. The van der Waals surface area contributed by atoms with E-state index >= 15 is 0 Å². The number of halogens is 5. The van der Waals surface area contributed by atoms with Crippen LogP contribution in [0.1, 0.15) is 27.9 Å². The van der Waals surface area contributed by atoms with E-state index in [2.05, 4.69) is 15.4 Å². The number of aromatic nitrogens is 3. The molecule has 0 spiro atoms. The molecule has 0 unspecified atom stereocenters. The summed E-state index contributed by atoms with van der Waals surface area (Å²) >= 11 is 0. The van der Waals surface area contributed by atoms with Gasteiger partial charge < -0.3 is 0 Å². The topological polar surface area (TPSA) is 65.4 Å². The van der Waals surface area contributed by atoms with Crippen molar-refractivity contribution in [3.05, 3.63) is 69.9 Å². The summed E-state index contributed by atoms with van der Waals surface area (Å²) in [5.41, 5.74) is 0.713. The second-order valence-electron chi connectivity index (χ2n) is 6.24. The Morgan fingerprint density at radius 1 is 1.04 bits per heavy atom. The van der Waals surface area contributed by atoms with Crippen LogP contribution >= 0.6 is 0 Å². The molecule has 3 aromatic rings. The molecular formula is C19H13F5N4. The van der Waals surface area contributed by atoms with Crippen molar-refractivity contribution < 1.29 is 22.0 Å². The van der Waals surface area contributed by atoms with Crippen LogP contribution in [0.5, 0.6) is 0 Å². The van der Waals surface area contributed by atoms with Crippen LogP contribution in [0.25, 0.3) is 11.3 Å². The van der Waals surface area contributed by atoms with Crippen molar-refractivity contribution in [1.29, 1.82) is 5.26 Å². The summed E-state index contributed by atoms with van der Waals surface area (Å²) in [6.45, 7) is 1.64. The van der Waals surface area contributed by atoms with Crippen LogP contribution in [0.4, 0.5) is 22.0 Å². The smallest absolute Gasteiger partial charge is 0.247 e. The number of alkyl halides is 3. The molecule has 1 heterocycles. The third kappa shape index (κ3) is 4.01. The molecule has 0 amide bonds. The number of rotatable bonds is 4. The molecular weight excluding hydrogens is 379 g/mol. The Balaban J connectivity index is 1.98. The van der Waals surface area contributed by atoms with E-state index in [0.717, 1.165) is 12.1 Å². The first-order valence-corrected chi connectivity index (χ1v) is 8.16. The predicted molar refractivity (Wildman–Crippen MR) is 90.0 cm³/mol. The third-order valence-corrected chi connectivity index (χ3v) is 4.30. The van der Waals surface area contributed by atoms with Gasteiger partial charge in [0.25, 0.3) is 0 Å². The van der Waals surface area contributed by atoms with E-state index in [4.69, 9.17) is 5.26 Å². The summed E-state index contributed by atoms with van der Waals surface area (Å²) in [6.07, 6.45) is -4.38. The second kappa shape index (κ2) is 7.38. The Morgan fingerprint density at radius 3 is 2.43 bits per heavy atom. The molecule has 1 aromatic heterocycles. The maximum Gasteiger partial charge on any atom is 0.416 e. The highest BCUT2D eigenvalue weighted by Gasteiger charge is 2.31. The van der Waals surface area contributed by atoms with Crippen LogP contribution in [-0.2, 0) is 19.0 Å². The Hall–Kier alpha value is -3.28. The van der Waals surface area contributed by atoms with Crippen LogP contribution in [0, 0.1) is 29.9 Å². The minimum absolute atomic E-state index is 0.0383. The van der Waals surface area contributed by atoms with Crippen LogP contribution in [0.2, 0.25) is 0 Å². The standard InChI is InChI=1S/C19H13F5N4/c1-10-4-13(20)8-16(18-17(9-25)26-28-27-18)15(10)3-2-11-5-12(19(22,23)24)7-14(21)6-11/h4-8H,2-3H2,1H3,(H,26,27,28). The largest absolute Gasteiger partial charge is 0.416 e. The normalized spacial score (nSPS) is 11.5. The molecule has 28 heavy (non-hydrogen) atoms. The number of hydrogen-bond acceptors (Lipinski definition) is 3. The lowest BCUT2D eigenvalue weighted by atomic mass is 9.93.